The first kappa shape index (κ1) is 25.1. The Hall–Kier alpha value is -2.14. The Morgan fingerprint density at radius 1 is 1.39 bits per heavy atom. The van der Waals surface area contributed by atoms with Gasteiger partial charge in [-0.15, -0.1) is 18.3 Å². The minimum absolute atomic E-state index is 0.226. The van der Waals surface area contributed by atoms with Crippen LogP contribution in [0.25, 0.3) is 0 Å². The number of nitrogens with zero attached hydrogens (tertiary/aromatic N) is 1. The first-order valence-corrected chi connectivity index (χ1v) is 12.0. The van der Waals surface area contributed by atoms with Crippen LogP contribution in [0.3, 0.4) is 0 Å². The lowest BCUT2D eigenvalue weighted by Crippen LogP contribution is -2.38. The zero-order chi connectivity index (χ0) is 22.8. The minimum Gasteiger partial charge on any atom is -0.385 e. The van der Waals surface area contributed by atoms with E-state index in [1.807, 2.05) is 13.1 Å². The number of hydrogen-bond donors (Lipinski definition) is 2. The van der Waals surface area contributed by atoms with Crippen LogP contribution in [0.1, 0.15) is 43.4 Å². The summed E-state index contributed by atoms with van der Waals surface area (Å²) in [5, 5.41) is 4.38. The van der Waals surface area contributed by atoms with E-state index >= 15 is 0 Å². The zero-order valence-electron chi connectivity index (χ0n) is 19.3. The van der Waals surface area contributed by atoms with E-state index in [-0.39, 0.29) is 5.83 Å². The second kappa shape index (κ2) is 12.7. The van der Waals surface area contributed by atoms with Crippen molar-refractivity contribution in [3.8, 4) is 0 Å². The van der Waals surface area contributed by atoms with Crippen molar-refractivity contribution in [3.63, 3.8) is 0 Å². The van der Waals surface area contributed by atoms with Crippen molar-refractivity contribution in [2.75, 3.05) is 20.1 Å². The Morgan fingerprint density at radius 3 is 2.81 bits per heavy atom. The van der Waals surface area contributed by atoms with Gasteiger partial charge in [0.25, 0.3) is 0 Å². The molecule has 0 bridgehead atoms. The third-order valence-electron chi connectivity index (χ3n) is 5.80. The number of hydrogen-bond acceptors (Lipinski definition) is 4. The van der Waals surface area contributed by atoms with E-state index in [2.05, 4.69) is 48.5 Å². The lowest BCUT2D eigenvalue weighted by molar-refractivity contribution is 0.214. The summed E-state index contributed by atoms with van der Waals surface area (Å²) < 4.78 is 13.0. The van der Waals surface area contributed by atoms with E-state index < -0.39 is 0 Å². The average Bonchev–Trinajstić information content (AvgIpc) is 2.77. The lowest BCUT2D eigenvalue weighted by atomic mass is 9.89. The lowest BCUT2D eigenvalue weighted by Gasteiger charge is -2.34. The maximum atomic E-state index is 13.0. The summed E-state index contributed by atoms with van der Waals surface area (Å²) >= 11 is 1.73. The molecule has 170 valence electrons. The number of thioether (sulfide) groups is 1. The third-order valence-corrected chi connectivity index (χ3v) is 6.95. The van der Waals surface area contributed by atoms with Crippen LogP contribution in [-0.2, 0) is 19.3 Å². The first-order chi connectivity index (χ1) is 14.9. The summed E-state index contributed by atoms with van der Waals surface area (Å²) in [4.78, 5) is 2.18. The second-order valence-corrected chi connectivity index (χ2v) is 9.56. The van der Waals surface area contributed by atoms with Gasteiger partial charge in [0.1, 0.15) is 0 Å². The van der Waals surface area contributed by atoms with Gasteiger partial charge in [-0.25, -0.2) is 4.39 Å². The second-order valence-electron chi connectivity index (χ2n) is 8.23. The normalized spacial score (nSPS) is 18.6. The number of halogens is 1. The molecule has 1 fully saturated rings. The number of aryl methyl sites for hydroxylation is 1. The van der Waals surface area contributed by atoms with E-state index in [1.54, 1.807) is 17.8 Å². The number of rotatable bonds is 11. The van der Waals surface area contributed by atoms with Gasteiger partial charge in [0.15, 0.2) is 0 Å². The summed E-state index contributed by atoms with van der Waals surface area (Å²) in [7, 11) is 1.90. The van der Waals surface area contributed by atoms with Gasteiger partial charge in [0.05, 0.1) is 16.7 Å². The molecular weight excluding hydrogens is 405 g/mol. The van der Waals surface area contributed by atoms with Crippen LogP contribution in [0, 0.1) is 5.92 Å². The molecule has 1 aliphatic heterocycles. The number of nitrogens with two attached hydrogens (primary N) is 1. The number of allylic oxidation sites excluding steroid dienone is 3. The van der Waals surface area contributed by atoms with Crippen molar-refractivity contribution in [1.82, 2.24) is 10.2 Å². The molecule has 1 aromatic rings. The minimum atomic E-state index is -0.226. The molecule has 0 radical (unpaired) electrons. The van der Waals surface area contributed by atoms with Gasteiger partial charge in [0.2, 0.25) is 0 Å². The highest BCUT2D eigenvalue weighted by Crippen LogP contribution is 2.27. The van der Waals surface area contributed by atoms with Gasteiger partial charge in [-0.1, -0.05) is 37.8 Å². The quantitative estimate of drug-likeness (QED) is 0.340. The highest BCUT2D eigenvalue weighted by molar-refractivity contribution is 8.03. The summed E-state index contributed by atoms with van der Waals surface area (Å²) in [5.41, 5.74) is 10.4. The molecule has 1 heterocycles. The Balaban J connectivity index is 2.05. The summed E-state index contributed by atoms with van der Waals surface area (Å²) in [5.74, 6) is 0.987. The number of piperidine rings is 1. The molecule has 2 rings (SSSR count). The van der Waals surface area contributed by atoms with Crippen LogP contribution < -0.4 is 11.1 Å². The smallest absolute Gasteiger partial charge is 0.0987 e. The van der Waals surface area contributed by atoms with Crippen molar-refractivity contribution in [3.05, 3.63) is 83.0 Å². The topological polar surface area (TPSA) is 41.3 Å². The Bertz CT molecular complexity index is 811. The Labute approximate surface area is 192 Å². The largest absolute Gasteiger partial charge is 0.385 e. The van der Waals surface area contributed by atoms with E-state index in [4.69, 9.17) is 5.73 Å². The molecule has 0 aliphatic carbocycles. The standard InChI is InChI=1S/C26H38FN3S/c1-6-23-16-21(11-12-24(23)17-25(7-2)31-20(4)29-5)15-22-9-8-14-30(18-22)26(28)13-10-19(3)27/h7,10-13,16,22,25,29H,2,4,6,8-9,14-15,17-18,28H2,1,3,5H3/b19-10+,26-13+. The number of benzene rings is 1. The number of nitrogens with one attached hydrogen (secondary N) is 1. The molecule has 1 aliphatic rings. The molecule has 3 nitrogen and oxygen atoms in total. The highest BCUT2D eigenvalue weighted by Gasteiger charge is 2.21. The van der Waals surface area contributed by atoms with Crippen molar-refractivity contribution in [2.24, 2.45) is 11.7 Å². The van der Waals surface area contributed by atoms with Crippen LogP contribution in [-0.4, -0.2) is 30.3 Å². The Kier molecular flexibility index (Phi) is 10.3. The van der Waals surface area contributed by atoms with Gasteiger partial charge >= 0.3 is 0 Å². The summed E-state index contributed by atoms with van der Waals surface area (Å²) in [6.45, 7) is 13.6. The van der Waals surface area contributed by atoms with Gasteiger partial charge in [-0.2, -0.15) is 0 Å². The molecule has 2 atom stereocenters. The molecule has 0 amide bonds. The molecule has 31 heavy (non-hydrogen) atoms. The highest BCUT2D eigenvalue weighted by atomic mass is 32.2. The molecule has 0 saturated carbocycles. The third kappa shape index (κ3) is 8.13. The van der Waals surface area contributed by atoms with Crippen LogP contribution >= 0.6 is 11.8 Å². The number of likely N-dealkylation sites (tertiary alicyclic amines) is 1. The van der Waals surface area contributed by atoms with Crippen molar-refractivity contribution < 1.29 is 4.39 Å². The van der Waals surface area contributed by atoms with E-state index in [9.17, 15) is 4.39 Å². The maximum Gasteiger partial charge on any atom is 0.0987 e. The van der Waals surface area contributed by atoms with E-state index in [1.165, 1.54) is 36.1 Å². The van der Waals surface area contributed by atoms with E-state index in [0.717, 1.165) is 43.8 Å². The van der Waals surface area contributed by atoms with Crippen LogP contribution in [0.2, 0.25) is 0 Å². The zero-order valence-corrected chi connectivity index (χ0v) is 20.1. The van der Waals surface area contributed by atoms with Crippen LogP contribution in [0.5, 0.6) is 0 Å². The van der Waals surface area contributed by atoms with Gasteiger partial charge in [-0.05, 0) is 73.8 Å². The van der Waals surface area contributed by atoms with Crippen LogP contribution in [0.15, 0.2) is 66.3 Å². The fourth-order valence-corrected chi connectivity index (χ4v) is 4.91. The van der Waals surface area contributed by atoms with Crippen molar-refractivity contribution in [1.29, 1.82) is 0 Å². The van der Waals surface area contributed by atoms with Gasteiger partial charge < -0.3 is 16.0 Å². The average molecular weight is 444 g/mol. The molecule has 3 N–H and O–H groups in total. The Morgan fingerprint density at radius 2 is 2.16 bits per heavy atom. The predicted molar refractivity (Wildman–Crippen MR) is 134 cm³/mol. The van der Waals surface area contributed by atoms with Gasteiger partial charge in [0, 0.05) is 25.4 Å². The van der Waals surface area contributed by atoms with Crippen molar-refractivity contribution in [2.45, 2.75) is 51.2 Å². The molecular formula is C26H38FN3S. The summed E-state index contributed by atoms with van der Waals surface area (Å²) in [6.07, 6.45) is 10.5. The predicted octanol–water partition coefficient (Wildman–Crippen LogP) is 5.70. The molecule has 0 spiro atoms. The van der Waals surface area contributed by atoms with Crippen molar-refractivity contribution >= 4 is 11.8 Å². The maximum absolute atomic E-state index is 13.0. The molecule has 2 unspecified atom stereocenters. The van der Waals surface area contributed by atoms with Crippen LogP contribution in [0.4, 0.5) is 4.39 Å². The fraction of sp³-hybridized carbons (Fsp3) is 0.462. The molecule has 5 heteroatoms. The fourth-order valence-electron chi connectivity index (χ4n) is 4.07. The first-order valence-electron chi connectivity index (χ1n) is 11.2. The molecule has 0 aromatic heterocycles. The SMILES string of the molecule is C=CC(Cc1ccc(CC2CCCN(/C(N)=C/C=C(\C)F)C2)cc1CC)SC(=C)NC. The monoisotopic (exact) mass is 443 g/mol. The molecule has 1 aromatic carbocycles. The van der Waals surface area contributed by atoms with E-state index in [0.29, 0.717) is 17.0 Å². The molecule has 1 saturated heterocycles. The summed E-state index contributed by atoms with van der Waals surface area (Å²) in [6, 6.07) is 6.94. The van der Waals surface area contributed by atoms with Gasteiger partial charge in [-0.3, -0.25) is 0 Å².